The molecule has 1 aliphatic heterocycles. The molecule has 1 aliphatic rings. The molecular weight excluding hydrogens is 278 g/mol. The van der Waals surface area contributed by atoms with Crippen molar-refractivity contribution in [2.24, 2.45) is 0 Å². The van der Waals surface area contributed by atoms with Gasteiger partial charge in [0.05, 0.1) is 12.1 Å². The van der Waals surface area contributed by atoms with Gasteiger partial charge >= 0.3 is 0 Å². The summed E-state index contributed by atoms with van der Waals surface area (Å²) in [7, 11) is 0. The lowest BCUT2D eigenvalue weighted by atomic mass is 10.0. The van der Waals surface area contributed by atoms with Gasteiger partial charge in [-0.1, -0.05) is 43.7 Å². The van der Waals surface area contributed by atoms with Gasteiger partial charge in [-0.05, 0) is 19.3 Å². The molecule has 2 atom stereocenters. The normalized spacial score (nSPS) is 19.2. The fourth-order valence-electron chi connectivity index (χ4n) is 3.12. The van der Waals surface area contributed by atoms with Crippen LogP contribution in [0.1, 0.15) is 55.8 Å². The fourth-order valence-corrected chi connectivity index (χ4v) is 3.12. The zero-order chi connectivity index (χ0) is 15.9. The van der Waals surface area contributed by atoms with Crippen molar-refractivity contribution in [3.63, 3.8) is 0 Å². The van der Waals surface area contributed by atoms with Gasteiger partial charge in [0.15, 0.2) is 5.78 Å². The molecule has 2 rings (SSSR count). The quantitative estimate of drug-likeness (QED) is 0.788. The average Bonchev–Trinajstić information content (AvgIpc) is 3.03. The number of ketones is 1. The molecule has 0 bridgehead atoms. The summed E-state index contributed by atoms with van der Waals surface area (Å²) in [6.07, 6.45) is 3.44. The number of Topliss-reactive ketones (excluding diaryl/α,β-unsaturated/α-hetero) is 1. The minimum Gasteiger partial charge on any atom is -0.391 e. The molecule has 0 unspecified atom stereocenters. The summed E-state index contributed by atoms with van der Waals surface area (Å²) in [5, 5.41) is 10.2. The number of likely N-dealkylation sites (tertiary alicyclic amines) is 1. The van der Waals surface area contributed by atoms with E-state index in [2.05, 4.69) is 0 Å². The van der Waals surface area contributed by atoms with Crippen LogP contribution in [0, 0.1) is 0 Å². The number of rotatable bonds is 7. The smallest absolute Gasteiger partial charge is 0.223 e. The summed E-state index contributed by atoms with van der Waals surface area (Å²) in [5.41, 5.74) is 0.652. The Labute approximate surface area is 132 Å². The Morgan fingerprint density at radius 1 is 1.27 bits per heavy atom. The van der Waals surface area contributed by atoms with E-state index in [0.29, 0.717) is 12.1 Å². The zero-order valence-corrected chi connectivity index (χ0v) is 13.2. The average molecular weight is 303 g/mol. The number of carbonyl (C=O) groups excluding carboxylic acids is 2. The minimum absolute atomic E-state index is 0.00111. The van der Waals surface area contributed by atoms with E-state index in [1.807, 2.05) is 25.1 Å². The highest BCUT2D eigenvalue weighted by atomic mass is 16.3. The Kier molecular flexibility index (Phi) is 6.13. The second-order valence-corrected chi connectivity index (χ2v) is 5.94. The van der Waals surface area contributed by atoms with Crippen LogP contribution in [0.5, 0.6) is 0 Å². The van der Waals surface area contributed by atoms with Crippen LogP contribution in [0.25, 0.3) is 0 Å². The molecule has 1 fully saturated rings. The van der Waals surface area contributed by atoms with Gasteiger partial charge in [-0.15, -0.1) is 0 Å². The molecule has 0 aromatic heterocycles. The Balaban J connectivity index is 1.87. The molecule has 0 saturated carbocycles. The third-order valence-electron chi connectivity index (χ3n) is 4.31. The first-order chi connectivity index (χ1) is 10.6. The van der Waals surface area contributed by atoms with Crippen LogP contribution in [0.4, 0.5) is 0 Å². The Morgan fingerprint density at radius 3 is 2.68 bits per heavy atom. The van der Waals surface area contributed by atoms with Crippen molar-refractivity contribution in [2.75, 3.05) is 6.54 Å². The first-order valence-corrected chi connectivity index (χ1v) is 8.19. The number of amides is 1. The van der Waals surface area contributed by atoms with Crippen molar-refractivity contribution < 1.29 is 14.7 Å². The molecule has 1 aromatic rings. The van der Waals surface area contributed by atoms with E-state index in [-0.39, 0.29) is 30.6 Å². The topological polar surface area (TPSA) is 57.6 Å². The van der Waals surface area contributed by atoms with Gasteiger partial charge in [0.1, 0.15) is 0 Å². The standard InChI is InChI=1S/C18H25NO3/c1-2-7-17(21)15-10-6-13-19(15)18(22)12-11-16(20)14-8-4-3-5-9-14/h3-5,8-9,15,17,21H,2,6-7,10-13H2,1H3/t15-,17+/m0/s1. The van der Waals surface area contributed by atoms with E-state index in [1.165, 1.54) is 0 Å². The van der Waals surface area contributed by atoms with E-state index < -0.39 is 6.10 Å². The van der Waals surface area contributed by atoms with Gasteiger partial charge in [-0.3, -0.25) is 9.59 Å². The molecular formula is C18H25NO3. The van der Waals surface area contributed by atoms with Crippen molar-refractivity contribution in [1.82, 2.24) is 4.90 Å². The molecule has 1 amide bonds. The highest BCUT2D eigenvalue weighted by Gasteiger charge is 2.33. The molecule has 0 radical (unpaired) electrons. The van der Waals surface area contributed by atoms with Crippen LogP contribution in [-0.2, 0) is 4.79 Å². The second kappa shape index (κ2) is 8.08. The largest absolute Gasteiger partial charge is 0.391 e. The SMILES string of the molecule is CCC[C@@H](O)[C@@H]1CCCN1C(=O)CCC(=O)c1ccccc1. The molecule has 0 aliphatic carbocycles. The molecule has 4 nitrogen and oxygen atoms in total. The predicted octanol–water partition coefficient (Wildman–Crippen LogP) is 2.80. The van der Waals surface area contributed by atoms with Crippen LogP contribution >= 0.6 is 0 Å². The number of benzene rings is 1. The zero-order valence-electron chi connectivity index (χ0n) is 13.2. The number of hydrogen-bond donors (Lipinski definition) is 1. The molecule has 1 aromatic carbocycles. The summed E-state index contributed by atoms with van der Waals surface area (Å²) in [6.45, 7) is 2.73. The summed E-state index contributed by atoms with van der Waals surface area (Å²) >= 11 is 0. The molecule has 1 N–H and O–H groups in total. The molecule has 22 heavy (non-hydrogen) atoms. The van der Waals surface area contributed by atoms with Crippen LogP contribution in [-0.4, -0.2) is 40.4 Å². The minimum atomic E-state index is -0.443. The number of aliphatic hydroxyl groups is 1. The summed E-state index contributed by atoms with van der Waals surface area (Å²) in [6, 6.07) is 9.00. The van der Waals surface area contributed by atoms with E-state index in [4.69, 9.17) is 0 Å². The molecule has 0 spiro atoms. The third-order valence-corrected chi connectivity index (χ3v) is 4.31. The summed E-state index contributed by atoms with van der Waals surface area (Å²) in [5.74, 6) is -0.0132. The summed E-state index contributed by atoms with van der Waals surface area (Å²) in [4.78, 5) is 26.2. The Bertz CT molecular complexity index is 500. The number of nitrogens with zero attached hydrogens (tertiary/aromatic N) is 1. The summed E-state index contributed by atoms with van der Waals surface area (Å²) < 4.78 is 0. The number of aliphatic hydroxyl groups excluding tert-OH is 1. The second-order valence-electron chi connectivity index (χ2n) is 5.94. The van der Waals surface area contributed by atoms with E-state index in [9.17, 15) is 14.7 Å². The van der Waals surface area contributed by atoms with Crippen molar-refractivity contribution in [3.05, 3.63) is 35.9 Å². The van der Waals surface area contributed by atoms with E-state index >= 15 is 0 Å². The molecule has 1 saturated heterocycles. The van der Waals surface area contributed by atoms with Crippen LogP contribution < -0.4 is 0 Å². The van der Waals surface area contributed by atoms with Gasteiger partial charge in [0.2, 0.25) is 5.91 Å². The highest BCUT2D eigenvalue weighted by molar-refractivity contribution is 5.97. The van der Waals surface area contributed by atoms with Crippen molar-refractivity contribution >= 4 is 11.7 Å². The maximum absolute atomic E-state index is 12.4. The lowest BCUT2D eigenvalue weighted by Crippen LogP contribution is -2.42. The van der Waals surface area contributed by atoms with Gasteiger partial charge in [-0.25, -0.2) is 0 Å². The van der Waals surface area contributed by atoms with Gasteiger partial charge in [0, 0.05) is 24.9 Å². The molecule has 120 valence electrons. The lowest BCUT2D eigenvalue weighted by Gasteiger charge is -2.28. The molecule has 1 heterocycles. The molecule has 4 heteroatoms. The van der Waals surface area contributed by atoms with E-state index in [0.717, 1.165) is 25.7 Å². The fraction of sp³-hybridized carbons (Fsp3) is 0.556. The van der Waals surface area contributed by atoms with Crippen molar-refractivity contribution in [2.45, 2.75) is 57.6 Å². The maximum atomic E-state index is 12.4. The third kappa shape index (κ3) is 4.17. The monoisotopic (exact) mass is 303 g/mol. The predicted molar refractivity (Wildman–Crippen MR) is 85.7 cm³/mol. The lowest BCUT2D eigenvalue weighted by molar-refractivity contribution is -0.134. The van der Waals surface area contributed by atoms with Gasteiger partial charge < -0.3 is 10.0 Å². The van der Waals surface area contributed by atoms with Crippen LogP contribution in [0.3, 0.4) is 0 Å². The Morgan fingerprint density at radius 2 is 2.00 bits per heavy atom. The van der Waals surface area contributed by atoms with Gasteiger partial charge in [-0.2, -0.15) is 0 Å². The van der Waals surface area contributed by atoms with E-state index in [1.54, 1.807) is 17.0 Å². The van der Waals surface area contributed by atoms with Crippen LogP contribution in [0.2, 0.25) is 0 Å². The first kappa shape index (κ1) is 16.7. The van der Waals surface area contributed by atoms with Gasteiger partial charge in [0.25, 0.3) is 0 Å². The number of hydrogen-bond acceptors (Lipinski definition) is 3. The highest BCUT2D eigenvalue weighted by Crippen LogP contribution is 2.23. The maximum Gasteiger partial charge on any atom is 0.223 e. The Hall–Kier alpha value is -1.68. The van der Waals surface area contributed by atoms with Crippen LogP contribution in [0.15, 0.2) is 30.3 Å². The first-order valence-electron chi connectivity index (χ1n) is 8.19. The number of carbonyl (C=O) groups is 2. The van der Waals surface area contributed by atoms with Crippen molar-refractivity contribution in [1.29, 1.82) is 0 Å². The van der Waals surface area contributed by atoms with Crippen molar-refractivity contribution in [3.8, 4) is 0 Å².